The molecule has 0 spiro atoms. The van der Waals surface area contributed by atoms with Gasteiger partial charge in [0.15, 0.2) is 0 Å². The SMILES string of the molecule is CC(=O)N(CC(=O)NC1CCCC1)c1c(C)cc(C)cc1Cl. The van der Waals surface area contributed by atoms with Crippen molar-refractivity contribution >= 4 is 29.1 Å². The minimum Gasteiger partial charge on any atom is -0.352 e. The molecule has 1 aliphatic rings. The standard InChI is InChI=1S/C17H23ClN2O2/c1-11-8-12(2)17(15(18)9-11)20(13(3)21)10-16(22)19-14-6-4-5-7-14/h8-9,14H,4-7,10H2,1-3H3,(H,19,22). The fraction of sp³-hybridized carbons (Fsp3) is 0.529. The van der Waals surface area contributed by atoms with E-state index in [9.17, 15) is 9.59 Å². The zero-order valence-electron chi connectivity index (χ0n) is 13.4. The highest BCUT2D eigenvalue weighted by Crippen LogP contribution is 2.31. The Bertz CT molecular complexity index is 557. The largest absolute Gasteiger partial charge is 0.352 e. The Kier molecular flexibility index (Phi) is 5.46. The lowest BCUT2D eigenvalue weighted by molar-refractivity contribution is -0.123. The van der Waals surface area contributed by atoms with E-state index in [2.05, 4.69) is 5.32 Å². The van der Waals surface area contributed by atoms with Gasteiger partial charge in [-0.15, -0.1) is 0 Å². The fourth-order valence-electron chi connectivity index (χ4n) is 3.08. The predicted octanol–water partition coefficient (Wildman–Crippen LogP) is 3.37. The van der Waals surface area contributed by atoms with E-state index >= 15 is 0 Å². The van der Waals surface area contributed by atoms with E-state index in [1.807, 2.05) is 26.0 Å². The number of halogens is 1. The van der Waals surface area contributed by atoms with Crippen molar-refractivity contribution in [1.82, 2.24) is 5.32 Å². The van der Waals surface area contributed by atoms with Crippen LogP contribution in [0.25, 0.3) is 0 Å². The van der Waals surface area contributed by atoms with Gasteiger partial charge in [-0.1, -0.05) is 30.5 Å². The number of nitrogens with one attached hydrogen (secondary N) is 1. The number of amides is 2. The third-order valence-electron chi connectivity index (χ3n) is 4.07. The number of hydrogen-bond acceptors (Lipinski definition) is 2. The maximum atomic E-state index is 12.2. The summed E-state index contributed by atoms with van der Waals surface area (Å²) in [5.41, 5.74) is 2.56. The molecule has 1 saturated carbocycles. The van der Waals surface area contributed by atoms with Crippen LogP contribution in [0.3, 0.4) is 0 Å². The van der Waals surface area contributed by atoms with Gasteiger partial charge in [-0.3, -0.25) is 9.59 Å². The van der Waals surface area contributed by atoms with Gasteiger partial charge in [-0.05, 0) is 43.9 Å². The smallest absolute Gasteiger partial charge is 0.240 e. The van der Waals surface area contributed by atoms with E-state index < -0.39 is 0 Å². The summed E-state index contributed by atoms with van der Waals surface area (Å²) < 4.78 is 0. The maximum absolute atomic E-state index is 12.2. The minimum atomic E-state index is -0.185. The number of hydrogen-bond donors (Lipinski definition) is 1. The van der Waals surface area contributed by atoms with Gasteiger partial charge < -0.3 is 10.2 Å². The molecule has 1 fully saturated rings. The molecule has 4 nitrogen and oxygen atoms in total. The van der Waals surface area contributed by atoms with Crippen LogP contribution < -0.4 is 10.2 Å². The van der Waals surface area contributed by atoms with Crippen LogP contribution in [0, 0.1) is 13.8 Å². The monoisotopic (exact) mass is 322 g/mol. The van der Waals surface area contributed by atoms with Crippen molar-refractivity contribution in [1.29, 1.82) is 0 Å². The molecule has 1 aromatic rings. The number of anilines is 1. The Morgan fingerprint density at radius 2 is 1.91 bits per heavy atom. The molecule has 2 rings (SSSR count). The first kappa shape index (κ1) is 16.8. The molecular weight excluding hydrogens is 300 g/mol. The third-order valence-corrected chi connectivity index (χ3v) is 4.36. The van der Waals surface area contributed by atoms with Gasteiger partial charge in [0.2, 0.25) is 11.8 Å². The highest BCUT2D eigenvalue weighted by Gasteiger charge is 2.23. The summed E-state index contributed by atoms with van der Waals surface area (Å²) in [5, 5.41) is 3.51. The highest BCUT2D eigenvalue weighted by molar-refractivity contribution is 6.34. The number of rotatable bonds is 4. The normalized spacial score (nSPS) is 14.9. The first-order chi connectivity index (χ1) is 10.4. The lowest BCUT2D eigenvalue weighted by Gasteiger charge is -2.25. The summed E-state index contributed by atoms with van der Waals surface area (Å²) in [6.07, 6.45) is 4.36. The molecule has 0 atom stereocenters. The number of carbonyl (C=O) groups is 2. The second kappa shape index (κ2) is 7.14. The summed E-state index contributed by atoms with van der Waals surface area (Å²) in [6, 6.07) is 4.02. The average molecular weight is 323 g/mol. The number of benzene rings is 1. The molecule has 0 saturated heterocycles. The second-order valence-electron chi connectivity index (χ2n) is 6.07. The second-order valence-corrected chi connectivity index (χ2v) is 6.47. The molecule has 22 heavy (non-hydrogen) atoms. The zero-order valence-corrected chi connectivity index (χ0v) is 14.2. The van der Waals surface area contributed by atoms with Crippen molar-refractivity contribution in [2.45, 2.75) is 52.5 Å². The number of nitrogens with zero attached hydrogens (tertiary/aromatic N) is 1. The molecule has 120 valence electrons. The van der Waals surface area contributed by atoms with Gasteiger partial charge in [-0.25, -0.2) is 0 Å². The van der Waals surface area contributed by atoms with Crippen LogP contribution in [0.4, 0.5) is 5.69 Å². The highest BCUT2D eigenvalue weighted by atomic mass is 35.5. The number of aryl methyl sites for hydroxylation is 2. The van der Waals surface area contributed by atoms with Crippen molar-refractivity contribution in [3.05, 3.63) is 28.3 Å². The number of carbonyl (C=O) groups excluding carboxylic acids is 2. The van der Waals surface area contributed by atoms with Crippen molar-refractivity contribution in [3.8, 4) is 0 Å². The molecule has 5 heteroatoms. The van der Waals surface area contributed by atoms with Crippen molar-refractivity contribution in [3.63, 3.8) is 0 Å². The molecule has 0 unspecified atom stereocenters. The fourth-order valence-corrected chi connectivity index (χ4v) is 3.51. The van der Waals surface area contributed by atoms with Gasteiger partial charge in [0.05, 0.1) is 10.7 Å². The average Bonchev–Trinajstić information content (AvgIpc) is 2.88. The van der Waals surface area contributed by atoms with Gasteiger partial charge in [0, 0.05) is 13.0 Å². The summed E-state index contributed by atoms with van der Waals surface area (Å²) in [4.78, 5) is 25.7. The molecule has 1 aromatic carbocycles. The van der Waals surface area contributed by atoms with Gasteiger partial charge >= 0.3 is 0 Å². The first-order valence-corrected chi connectivity index (χ1v) is 8.10. The van der Waals surface area contributed by atoms with Crippen molar-refractivity contribution < 1.29 is 9.59 Å². The molecular formula is C17H23ClN2O2. The molecule has 0 aromatic heterocycles. The Balaban J connectivity index is 2.16. The van der Waals surface area contributed by atoms with E-state index in [-0.39, 0.29) is 24.4 Å². The van der Waals surface area contributed by atoms with E-state index in [0.29, 0.717) is 10.7 Å². The zero-order chi connectivity index (χ0) is 16.3. The maximum Gasteiger partial charge on any atom is 0.240 e. The topological polar surface area (TPSA) is 49.4 Å². The summed E-state index contributed by atoms with van der Waals surface area (Å²) in [7, 11) is 0. The van der Waals surface area contributed by atoms with E-state index in [0.717, 1.165) is 36.8 Å². The Morgan fingerprint density at radius 1 is 1.27 bits per heavy atom. The molecule has 1 aliphatic carbocycles. The lowest BCUT2D eigenvalue weighted by Crippen LogP contribution is -2.43. The molecule has 2 amide bonds. The van der Waals surface area contributed by atoms with E-state index in [1.165, 1.54) is 11.8 Å². The van der Waals surface area contributed by atoms with Gasteiger partial charge in [0.1, 0.15) is 6.54 Å². The first-order valence-electron chi connectivity index (χ1n) is 7.72. The van der Waals surface area contributed by atoms with Crippen LogP contribution in [0.5, 0.6) is 0 Å². The van der Waals surface area contributed by atoms with Gasteiger partial charge in [-0.2, -0.15) is 0 Å². The van der Waals surface area contributed by atoms with Gasteiger partial charge in [0.25, 0.3) is 0 Å². The van der Waals surface area contributed by atoms with Crippen molar-refractivity contribution in [2.24, 2.45) is 0 Å². The van der Waals surface area contributed by atoms with E-state index in [1.54, 1.807) is 0 Å². The molecule has 0 radical (unpaired) electrons. The van der Waals surface area contributed by atoms with Crippen LogP contribution in [-0.4, -0.2) is 24.4 Å². The van der Waals surface area contributed by atoms with Crippen LogP contribution >= 0.6 is 11.6 Å². The predicted molar refractivity (Wildman–Crippen MR) is 89.4 cm³/mol. The molecule has 1 N–H and O–H groups in total. The Labute approximate surface area is 136 Å². The Hall–Kier alpha value is -1.55. The molecule has 0 bridgehead atoms. The third kappa shape index (κ3) is 4.01. The lowest BCUT2D eigenvalue weighted by atomic mass is 10.1. The van der Waals surface area contributed by atoms with Crippen LogP contribution in [0.1, 0.15) is 43.7 Å². The van der Waals surface area contributed by atoms with Crippen LogP contribution in [0.15, 0.2) is 12.1 Å². The summed E-state index contributed by atoms with van der Waals surface area (Å²) in [6.45, 7) is 5.32. The Morgan fingerprint density at radius 3 is 2.45 bits per heavy atom. The van der Waals surface area contributed by atoms with Crippen molar-refractivity contribution in [2.75, 3.05) is 11.4 Å². The summed E-state index contributed by atoms with van der Waals surface area (Å²) >= 11 is 6.30. The molecule has 0 heterocycles. The minimum absolute atomic E-state index is 0.00938. The van der Waals surface area contributed by atoms with Crippen LogP contribution in [-0.2, 0) is 9.59 Å². The van der Waals surface area contributed by atoms with Crippen LogP contribution in [0.2, 0.25) is 5.02 Å². The summed E-state index contributed by atoms with van der Waals surface area (Å²) in [5.74, 6) is -0.312. The van der Waals surface area contributed by atoms with E-state index in [4.69, 9.17) is 11.6 Å². The molecule has 0 aliphatic heterocycles. The quantitative estimate of drug-likeness (QED) is 0.924.